The summed E-state index contributed by atoms with van der Waals surface area (Å²) in [5.74, 6) is -6.53. The number of hydrogen-bond donors (Lipinski definition) is 0. The highest BCUT2D eigenvalue weighted by Crippen LogP contribution is 2.44. The van der Waals surface area contributed by atoms with Crippen molar-refractivity contribution < 1.29 is 17.6 Å². The fourth-order valence-electron chi connectivity index (χ4n) is 2.34. The van der Waals surface area contributed by atoms with Crippen molar-refractivity contribution in [3.05, 3.63) is 34.9 Å². The minimum Gasteiger partial charge on any atom is -0.204 e. The van der Waals surface area contributed by atoms with Gasteiger partial charge in [-0.3, -0.25) is 0 Å². The summed E-state index contributed by atoms with van der Waals surface area (Å²) < 4.78 is 54.0. The lowest BCUT2D eigenvalue weighted by Crippen LogP contribution is -2.25. The molecule has 20 heavy (non-hydrogen) atoms. The molecule has 0 aliphatic heterocycles. The molecule has 0 aliphatic rings. The fraction of sp³-hybridized carbons (Fsp3) is 0.625. The van der Waals surface area contributed by atoms with Gasteiger partial charge >= 0.3 is 0 Å². The second-order valence-electron chi connectivity index (χ2n) is 7.57. The van der Waals surface area contributed by atoms with Crippen LogP contribution in [0, 0.1) is 34.1 Å². The summed E-state index contributed by atoms with van der Waals surface area (Å²) in [6, 6.07) is 0.787. The topological polar surface area (TPSA) is 0 Å². The first-order chi connectivity index (χ1) is 8.84. The third kappa shape index (κ3) is 3.74. The van der Waals surface area contributed by atoms with Gasteiger partial charge in [-0.1, -0.05) is 41.5 Å². The third-order valence-corrected chi connectivity index (χ3v) is 3.37. The van der Waals surface area contributed by atoms with E-state index in [2.05, 4.69) is 0 Å². The summed E-state index contributed by atoms with van der Waals surface area (Å²) in [7, 11) is 0. The van der Waals surface area contributed by atoms with Crippen LogP contribution < -0.4 is 0 Å². The molecule has 0 fully saturated rings. The van der Waals surface area contributed by atoms with E-state index >= 15 is 0 Å². The summed E-state index contributed by atoms with van der Waals surface area (Å²) in [4.78, 5) is 0. The Morgan fingerprint density at radius 2 is 1.35 bits per heavy atom. The van der Waals surface area contributed by atoms with Crippen molar-refractivity contribution in [2.24, 2.45) is 10.8 Å². The predicted octanol–water partition coefficient (Wildman–Crippen LogP) is 5.81. The standard InChI is InChI=1S/C16H22F4/c1-15(2,3)8-10(16(4,5)6)9-7-11(17)13(19)14(20)12(9)18/h7,10H,8H2,1-6H3. The molecule has 0 amide bonds. The van der Waals surface area contributed by atoms with E-state index in [1.54, 1.807) is 0 Å². The van der Waals surface area contributed by atoms with Crippen molar-refractivity contribution >= 4 is 0 Å². The summed E-state index contributed by atoms with van der Waals surface area (Å²) in [6.07, 6.45) is 0.540. The Labute approximate surface area is 118 Å². The second-order valence-corrected chi connectivity index (χ2v) is 7.57. The molecule has 0 spiro atoms. The zero-order valence-electron chi connectivity index (χ0n) is 12.9. The summed E-state index contributed by atoms with van der Waals surface area (Å²) in [5.41, 5.74) is -0.639. The van der Waals surface area contributed by atoms with Gasteiger partial charge in [0.05, 0.1) is 0 Å². The Kier molecular flexibility index (Phi) is 4.57. The van der Waals surface area contributed by atoms with Gasteiger partial charge in [-0.15, -0.1) is 0 Å². The molecule has 1 aromatic rings. The van der Waals surface area contributed by atoms with Crippen molar-refractivity contribution in [2.45, 2.75) is 53.9 Å². The van der Waals surface area contributed by atoms with Gasteiger partial charge in [0.15, 0.2) is 23.3 Å². The van der Waals surface area contributed by atoms with Crippen molar-refractivity contribution in [1.29, 1.82) is 0 Å². The molecule has 0 saturated heterocycles. The Morgan fingerprint density at radius 3 is 1.75 bits per heavy atom. The van der Waals surface area contributed by atoms with E-state index in [4.69, 9.17) is 0 Å². The third-order valence-electron chi connectivity index (χ3n) is 3.37. The monoisotopic (exact) mass is 290 g/mol. The molecule has 0 N–H and O–H groups in total. The molecule has 1 unspecified atom stereocenters. The van der Waals surface area contributed by atoms with Gasteiger partial charge in [0.1, 0.15) is 0 Å². The molecule has 0 heterocycles. The summed E-state index contributed by atoms with van der Waals surface area (Å²) >= 11 is 0. The lowest BCUT2D eigenvalue weighted by molar-refractivity contribution is 0.222. The van der Waals surface area contributed by atoms with E-state index in [9.17, 15) is 17.6 Å². The van der Waals surface area contributed by atoms with E-state index in [0.29, 0.717) is 6.42 Å². The molecular weight excluding hydrogens is 268 g/mol. The fourth-order valence-corrected chi connectivity index (χ4v) is 2.34. The highest BCUT2D eigenvalue weighted by atomic mass is 19.2. The SMILES string of the molecule is CC(C)(C)CC(c1cc(F)c(F)c(F)c1F)C(C)(C)C. The number of halogens is 4. The normalized spacial score (nSPS) is 14.5. The van der Waals surface area contributed by atoms with Crippen LogP contribution in [0.2, 0.25) is 0 Å². The Bertz CT molecular complexity index is 493. The molecule has 0 nitrogen and oxygen atoms in total. The molecule has 0 radical (unpaired) electrons. The molecule has 0 bridgehead atoms. The Hall–Kier alpha value is -1.06. The first-order valence-electron chi connectivity index (χ1n) is 6.67. The molecule has 0 aromatic heterocycles. The van der Waals surface area contributed by atoms with E-state index < -0.39 is 34.6 Å². The number of hydrogen-bond acceptors (Lipinski definition) is 0. The van der Waals surface area contributed by atoms with E-state index in [0.717, 1.165) is 6.07 Å². The number of rotatable bonds is 2. The average Bonchev–Trinajstić information content (AvgIpc) is 2.26. The number of benzene rings is 1. The van der Waals surface area contributed by atoms with Gasteiger partial charge in [0.25, 0.3) is 0 Å². The van der Waals surface area contributed by atoms with Crippen LogP contribution in [-0.4, -0.2) is 0 Å². The summed E-state index contributed by atoms with van der Waals surface area (Å²) in [5, 5.41) is 0. The van der Waals surface area contributed by atoms with Crippen LogP contribution in [0.3, 0.4) is 0 Å². The molecule has 0 saturated carbocycles. The van der Waals surface area contributed by atoms with Crippen molar-refractivity contribution in [3.8, 4) is 0 Å². The van der Waals surface area contributed by atoms with Gasteiger partial charge in [0, 0.05) is 0 Å². The largest absolute Gasteiger partial charge is 0.204 e. The van der Waals surface area contributed by atoms with Crippen molar-refractivity contribution in [2.75, 3.05) is 0 Å². The molecule has 114 valence electrons. The first kappa shape index (κ1) is 17.0. The molecule has 1 rings (SSSR count). The van der Waals surface area contributed by atoms with Crippen molar-refractivity contribution in [3.63, 3.8) is 0 Å². The van der Waals surface area contributed by atoms with Gasteiger partial charge in [0.2, 0.25) is 0 Å². The molecule has 1 aromatic carbocycles. The zero-order valence-corrected chi connectivity index (χ0v) is 12.9. The maximum Gasteiger partial charge on any atom is 0.197 e. The van der Waals surface area contributed by atoms with E-state index in [-0.39, 0.29) is 11.0 Å². The van der Waals surface area contributed by atoms with Crippen LogP contribution in [0.1, 0.15) is 59.4 Å². The quantitative estimate of drug-likeness (QED) is 0.366. The van der Waals surface area contributed by atoms with Gasteiger partial charge in [-0.2, -0.15) is 0 Å². The molecule has 0 aliphatic carbocycles. The highest BCUT2D eigenvalue weighted by Gasteiger charge is 2.34. The molecule has 4 heteroatoms. The average molecular weight is 290 g/mol. The minimum atomic E-state index is -1.75. The van der Waals surface area contributed by atoms with Crippen LogP contribution in [0.4, 0.5) is 17.6 Å². The molecule has 1 atom stereocenters. The van der Waals surface area contributed by atoms with Crippen LogP contribution in [-0.2, 0) is 0 Å². The Morgan fingerprint density at radius 1 is 0.850 bits per heavy atom. The lowest BCUT2D eigenvalue weighted by Gasteiger charge is -2.36. The highest BCUT2D eigenvalue weighted by molar-refractivity contribution is 5.27. The van der Waals surface area contributed by atoms with Crippen molar-refractivity contribution in [1.82, 2.24) is 0 Å². The van der Waals surface area contributed by atoms with Crippen LogP contribution in [0.25, 0.3) is 0 Å². The van der Waals surface area contributed by atoms with Crippen LogP contribution in [0.15, 0.2) is 6.07 Å². The summed E-state index contributed by atoms with van der Waals surface area (Å²) in [6.45, 7) is 11.5. The Balaban J connectivity index is 3.43. The van der Waals surface area contributed by atoms with E-state index in [1.165, 1.54) is 0 Å². The second kappa shape index (κ2) is 5.38. The maximum absolute atomic E-state index is 14.0. The predicted molar refractivity (Wildman–Crippen MR) is 72.5 cm³/mol. The first-order valence-corrected chi connectivity index (χ1v) is 6.67. The smallest absolute Gasteiger partial charge is 0.197 e. The lowest BCUT2D eigenvalue weighted by atomic mass is 9.69. The van der Waals surface area contributed by atoms with Gasteiger partial charge in [-0.25, -0.2) is 17.6 Å². The zero-order chi connectivity index (χ0) is 15.9. The maximum atomic E-state index is 14.0. The minimum absolute atomic E-state index is 0.0937. The van der Waals surface area contributed by atoms with Crippen LogP contribution in [0.5, 0.6) is 0 Å². The van der Waals surface area contributed by atoms with E-state index in [1.807, 2.05) is 41.5 Å². The van der Waals surface area contributed by atoms with Crippen LogP contribution >= 0.6 is 0 Å². The van der Waals surface area contributed by atoms with Gasteiger partial charge in [-0.05, 0) is 34.8 Å². The molecular formula is C16H22F4. The van der Waals surface area contributed by atoms with Gasteiger partial charge < -0.3 is 0 Å².